The van der Waals surface area contributed by atoms with Crippen LogP contribution in [-0.4, -0.2) is 63.7 Å². The van der Waals surface area contributed by atoms with Gasteiger partial charge in [-0.2, -0.15) is 4.98 Å². The number of allylic oxidation sites excluding steroid dienone is 2. The maximum Gasteiger partial charge on any atom is 0.324 e. The zero-order chi connectivity index (χ0) is 25.7. The Morgan fingerprint density at radius 2 is 2.11 bits per heavy atom. The minimum Gasteiger partial charge on any atom is -0.492 e. The number of hydrogen-bond donors (Lipinski definition) is 3. The molecule has 2 atom stereocenters. The first-order valence-corrected chi connectivity index (χ1v) is 12.8. The van der Waals surface area contributed by atoms with Crippen LogP contribution in [0, 0.1) is 11.3 Å². The second-order valence-corrected chi connectivity index (χ2v) is 10.3. The average Bonchev–Trinajstić information content (AvgIpc) is 3.39. The van der Waals surface area contributed by atoms with E-state index in [0.29, 0.717) is 37.8 Å². The van der Waals surface area contributed by atoms with Gasteiger partial charge in [-0.15, -0.1) is 0 Å². The molecule has 10 heteroatoms. The number of hydrogen-bond acceptors (Lipinski definition) is 9. The first kappa shape index (κ1) is 26.1. The molecule has 4 N–H and O–H groups in total. The van der Waals surface area contributed by atoms with Gasteiger partial charge in [0.05, 0.1) is 36.6 Å². The molecule has 2 aliphatic rings. The summed E-state index contributed by atoms with van der Waals surface area (Å²) in [6.45, 7) is 6.07. The first-order chi connectivity index (χ1) is 17.3. The van der Waals surface area contributed by atoms with Crippen LogP contribution in [0.5, 0.6) is 5.75 Å². The molecular weight excluding hydrogens is 462 g/mol. The number of carbonyl (C=O) groups is 1. The van der Waals surface area contributed by atoms with E-state index in [1.54, 1.807) is 6.20 Å². The maximum atomic E-state index is 12.1. The van der Waals surface area contributed by atoms with Gasteiger partial charge in [-0.05, 0) is 62.1 Å². The zero-order valence-corrected chi connectivity index (χ0v) is 21.1. The Bertz CT molecular complexity index is 1050. The molecule has 1 aliphatic carbocycles. The smallest absolute Gasteiger partial charge is 0.324 e. The Morgan fingerprint density at radius 1 is 1.33 bits per heavy atom. The molecule has 4 rings (SSSR count). The summed E-state index contributed by atoms with van der Waals surface area (Å²) in [5.41, 5.74) is 6.71. The predicted molar refractivity (Wildman–Crippen MR) is 134 cm³/mol. The second kappa shape index (κ2) is 11.4. The van der Waals surface area contributed by atoms with E-state index in [0.717, 1.165) is 48.8 Å². The number of nitrogens with zero attached hydrogens (tertiary/aromatic N) is 4. The normalized spacial score (nSPS) is 21.9. The molecule has 1 unspecified atom stereocenters. The monoisotopic (exact) mass is 499 g/mol. The third-order valence-corrected chi connectivity index (χ3v) is 7.36. The fourth-order valence-electron chi connectivity index (χ4n) is 4.90. The van der Waals surface area contributed by atoms with Crippen LogP contribution in [0.3, 0.4) is 0 Å². The molecule has 0 saturated carbocycles. The summed E-state index contributed by atoms with van der Waals surface area (Å²) in [6, 6.07) is 4.47. The lowest BCUT2D eigenvalue weighted by Gasteiger charge is -2.34. The average molecular weight is 500 g/mol. The van der Waals surface area contributed by atoms with Crippen molar-refractivity contribution in [3.8, 4) is 5.75 Å². The Hall–Kier alpha value is -2.98. The van der Waals surface area contributed by atoms with Gasteiger partial charge < -0.3 is 30.1 Å². The van der Waals surface area contributed by atoms with Crippen molar-refractivity contribution in [3.05, 3.63) is 35.9 Å². The molecule has 1 fully saturated rings. The molecule has 2 aromatic rings. The van der Waals surface area contributed by atoms with Gasteiger partial charge in [0, 0.05) is 19.0 Å². The molecule has 0 radical (unpaired) electrons. The minimum absolute atomic E-state index is 0.162. The molecular formula is C26H37N5O5. The van der Waals surface area contributed by atoms with Crippen LogP contribution in [0.4, 0.5) is 6.01 Å². The van der Waals surface area contributed by atoms with E-state index in [-0.39, 0.29) is 18.9 Å². The summed E-state index contributed by atoms with van der Waals surface area (Å²) in [5, 5.41) is 23.1. The largest absolute Gasteiger partial charge is 0.492 e. The number of aliphatic hydroxyl groups is 2. The Labute approximate surface area is 211 Å². The number of primary amides is 1. The lowest BCUT2D eigenvalue weighted by Crippen LogP contribution is -2.41. The lowest BCUT2D eigenvalue weighted by molar-refractivity contribution is -0.130. The van der Waals surface area contributed by atoms with Crippen molar-refractivity contribution in [2.24, 2.45) is 17.1 Å². The number of ether oxygens (including phenoxy) is 1. The van der Waals surface area contributed by atoms with Crippen molar-refractivity contribution >= 4 is 17.5 Å². The standard InChI is InChI=1S/C26H37N5O5/c1-17(2)23-29-25(36-30-23)31-11-7-18(8-12-31)16-35-21-3-4-22(28-14-21)19-5-9-26(10-6-19,24(27)34)13-20(33)15-32/h3-5,14,17-18,20,32-33H,6-13,15-16H2,1-2H3,(H2,27,34)/t20-,26?/m1/s1. The molecule has 196 valence electrons. The van der Waals surface area contributed by atoms with Gasteiger partial charge in [0.15, 0.2) is 5.82 Å². The van der Waals surface area contributed by atoms with Crippen molar-refractivity contribution in [1.82, 2.24) is 15.1 Å². The molecule has 1 amide bonds. The zero-order valence-electron chi connectivity index (χ0n) is 21.1. The van der Waals surface area contributed by atoms with Crippen LogP contribution in [-0.2, 0) is 4.79 Å². The summed E-state index contributed by atoms with van der Waals surface area (Å²) >= 11 is 0. The minimum atomic E-state index is -0.953. The van der Waals surface area contributed by atoms with Gasteiger partial charge in [-0.3, -0.25) is 9.78 Å². The molecule has 0 aromatic carbocycles. The number of pyridine rings is 1. The highest BCUT2D eigenvalue weighted by molar-refractivity contribution is 5.82. The van der Waals surface area contributed by atoms with Gasteiger partial charge in [0.2, 0.25) is 5.91 Å². The number of nitrogens with two attached hydrogens (primary N) is 1. The Balaban J connectivity index is 1.26. The third-order valence-electron chi connectivity index (χ3n) is 7.36. The number of aromatic nitrogens is 3. The molecule has 36 heavy (non-hydrogen) atoms. The second-order valence-electron chi connectivity index (χ2n) is 10.3. The maximum absolute atomic E-state index is 12.1. The molecule has 0 spiro atoms. The molecule has 2 aromatic heterocycles. The number of rotatable bonds is 10. The van der Waals surface area contributed by atoms with E-state index in [1.807, 2.05) is 32.1 Å². The third kappa shape index (κ3) is 6.04. The van der Waals surface area contributed by atoms with Gasteiger partial charge in [0.1, 0.15) is 5.75 Å². The highest BCUT2D eigenvalue weighted by Gasteiger charge is 2.39. The van der Waals surface area contributed by atoms with Crippen molar-refractivity contribution in [3.63, 3.8) is 0 Å². The van der Waals surface area contributed by atoms with E-state index in [4.69, 9.17) is 15.0 Å². The van der Waals surface area contributed by atoms with Crippen molar-refractivity contribution in [1.29, 1.82) is 0 Å². The van der Waals surface area contributed by atoms with Gasteiger partial charge in [0.25, 0.3) is 0 Å². The molecule has 1 aliphatic heterocycles. The van der Waals surface area contributed by atoms with E-state index in [1.165, 1.54) is 0 Å². The number of carbonyl (C=O) groups excluding carboxylic acids is 1. The predicted octanol–water partition coefficient (Wildman–Crippen LogP) is 2.67. The van der Waals surface area contributed by atoms with Crippen molar-refractivity contribution in [2.75, 3.05) is 31.2 Å². The van der Waals surface area contributed by atoms with Crippen LogP contribution in [0.25, 0.3) is 5.57 Å². The van der Waals surface area contributed by atoms with Gasteiger partial charge in [-0.1, -0.05) is 25.1 Å². The topological polar surface area (TPSA) is 148 Å². The number of anilines is 1. The quantitative estimate of drug-likeness (QED) is 0.449. The lowest BCUT2D eigenvalue weighted by atomic mass is 9.70. The number of piperidine rings is 1. The first-order valence-electron chi connectivity index (χ1n) is 12.8. The molecule has 10 nitrogen and oxygen atoms in total. The van der Waals surface area contributed by atoms with E-state index < -0.39 is 17.4 Å². The Morgan fingerprint density at radius 3 is 2.67 bits per heavy atom. The SMILES string of the molecule is CC(C)c1noc(N2CCC(COc3ccc(C4=CCC(C[C@@H](O)CO)(C(N)=O)CC4)nc3)CC2)n1. The van der Waals surface area contributed by atoms with E-state index >= 15 is 0 Å². The Kier molecular flexibility index (Phi) is 8.25. The number of aliphatic hydroxyl groups excluding tert-OH is 2. The summed E-state index contributed by atoms with van der Waals surface area (Å²) in [5.74, 6) is 1.73. The van der Waals surface area contributed by atoms with Crippen LogP contribution < -0.4 is 15.4 Å². The highest BCUT2D eigenvalue weighted by Crippen LogP contribution is 2.41. The fourth-order valence-corrected chi connectivity index (χ4v) is 4.90. The summed E-state index contributed by atoms with van der Waals surface area (Å²) in [6.07, 6.45) is 6.48. The van der Waals surface area contributed by atoms with Crippen molar-refractivity contribution < 1.29 is 24.3 Å². The van der Waals surface area contributed by atoms with Crippen LogP contribution in [0.1, 0.15) is 69.8 Å². The van der Waals surface area contributed by atoms with Crippen LogP contribution >= 0.6 is 0 Å². The summed E-state index contributed by atoms with van der Waals surface area (Å²) in [4.78, 5) is 23.3. The summed E-state index contributed by atoms with van der Waals surface area (Å²) in [7, 11) is 0. The molecule has 1 saturated heterocycles. The van der Waals surface area contributed by atoms with Gasteiger partial charge in [-0.25, -0.2) is 0 Å². The summed E-state index contributed by atoms with van der Waals surface area (Å²) < 4.78 is 11.4. The van der Waals surface area contributed by atoms with E-state index in [9.17, 15) is 15.0 Å². The van der Waals surface area contributed by atoms with Crippen LogP contribution in [0.15, 0.2) is 28.9 Å². The highest BCUT2D eigenvalue weighted by atomic mass is 16.5. The van der Waals surface area contributed by atoms with E-state index in [2.05, 4.69) is 20.0 Å². The molecule has 3 heterocycles. The van der Waals surface area contributed by atoms with Crippen molar-refractivity contribution in [2.45, 2.75) is 64.4 Å². The fraction of sp³-hybridized carbons (Fsp3) is 0.615. The molecule has 0 bridgehead atoms. The number of amides is 1. The van der Waals surface area contributed by atoms with Gasteiger partial charge >= 0.3 is 6.01 Å². The van der Waals surface area contributed by atoms with Crippen LogP contribution in [0.2, 0.25) is 0 Å².